The number of rotatable bonds is 3. The Bertz CT molecular complexity index is 633. The fourth-order valence-corrected chi connectivity index (χ4v) is 4.45. The van der Waals surface area contributed by atoms with E-state index >= 15 is 0 Å². The molecule has 18 heavy (non-hydrogen) atoms. The Balaban J connectivity index is 2.16. The van der Waals surface area contributed by atoms with Crippen molar-refractivity contribution in [2.75, 3.05) is 11.5 Å². The average molecular weight is 294 g/mol. The van der Waals surface area contributed by atoms with E-state index in [2.05, 4.69) is 0 Å². The van der Waals surface area contributed by atoms with Gasteiger partial charge in [0.2, 0.25) is 0 Å². The topological polar surface area (TPSA) is 77.5 Å². The van der Waals surface area contributed by atoms with Gasteiger partial charge in [0, 0.05) is 0 Å². The molecular formula is C10H11FO5S2. The SMILES string of the molecule is O=S1(=O)CCC(OS(=O)(=O)c2ccc(F)cc2)C1. The molecule has 1 atom stereocenters. The van der Waals surface area contributed by atoms with Gasteiger partial charge in [-0.25, -0.2) is 12.8 Å². The van der Waals surface area contributed by atoms with Crippen LogP contribution in [0.3, 0.4) is 0 Å². The number of benzene rings is 1. The molecule has 0 spiro atoms. The molecule has 0 bridgehead atoms. The Labute approximate surface area is 105 Å². The minimum Gasteiger partial charge on any atom is -0.262 e. The third kappa shape index (κ3) is 3.06. The lowest BCUT2D eigenvalue weighted by Crippen LogP contribution is -2.19. The van der Waals surface area contributed by atoms with E-state index in [-0.39, 0.29) is 22.8 Å². The van der Waals surface area contributed by atoms with Crippen molar-refractivity contribution in [3.8, 4) is 0 Å². The van der Waals surface area contributed by atoms with E-state index < -0.39 is 31.9 Å². The summed E-state index contributed by atoms with van der Waals surface area (Å²) in [6, 6.07) is 4.16. The van der Waals surface area contributed by atoms with E-state index in [4.69, 9.17) is 4.18 Å². The summed E-state index contributed by atoms with van der Waals surface area (Å²) in [5.74, 6) is -0.929. The molecule has 1 heterocycles. The summed E-state index contributed by atoms with van der Waals surface area (Å²) in [7, 11) is -7.25. The second kappa shape index (κ2) is 4.60. The molecule has 1 aliphatic rings. The molecule has 1 saturated heterocycles. The van der Waals surface area contributed by atoms with Crippen molar-refractivity contribution >= 4 is 20.0 Å². The zero-order valence-corrected chi connectivity index (χ0v) is 10.9. The standard InChI is InChI=1S/C10H11FO5S2/c11-8-1-3-10(4-2-8)18(14,15)16-9-5-6-17(12,13)7-9/h1-4,9H,5-7H2. The highest BCUT2D eigenvalue weighted by atomic mass is 32.2. The van der Waals surface area contributed by atoms with Gasteiger partial charge in [-0.1, -0.05) is 0 Å². The van der Waals surface area contributed by atoms with E-state index in [9.17, 15) is 21.2 Å². The monoisotopic (exact) mass is 294 g/mol. The third-order valence-corrected chi connectivity index (χ3v) is 5.67. The molecule has 0 aromatic heterocycles. The Morgan fingerprint density at radius 3 is 2.33 bits per heavy atom. The van der Waals surface area contributed by atoms with Crippen LogP contribution >= 0.6 is 0 Å². The normalized spacial score (nSPS) is 23.1. The van der Waals surface area contributed by atoms with Gasteiger partial charge in [-0.15, -0.1) is 0 Å². The van der Waals surface area contributed by atoms with Gasteiger partial charge in [0.15, 0.2) is 9.84 Å². The zero-order chi connectivity index (χ0) is 13.4. The summed E-state index contributed by atoms with van der Waals surface area (Å²) < 4.78 is 63.4. The minimum atomic E-state index is -4.04. The molecule has 0 amide bonds. The quantitative estimate of drug-likeness (QED) is 0.768. The molecule has 5 nitrogen and oxygen atoms in total. The fourth-order valence-electron chi connectivity index (χ4n) is 1.67. The predicted octanol–water partition coefficient (Wildman–Crippen LogP) is 0.718. The summed E-state index contributed by atoms with van der Waals surface area (Å²) in [5, 5.41) is 0. The van der Waals surface area contributed by atoms with Gasteiger partial charge in [-0.3, -0.25) is 4.18 Å². The predicted molar refractivity (Wildman–Crippen MR) is 61.7 cm³/mol. The van der Waals surface area contributed by atoms with Crippen molar-refractivity contribution in [1.82, 2.24) is 0 Å². The van der Waals surface area contributed by atoms with E-state index in [1.807, 2.05) is 0 Å². The number of hydrogen-bond donors (Lipinski definition) is 0. The first kappa shape index (κ1) is 13.4. The molecule has 0 saturated carbocycles. The van der Waals surface area contributed by atoms with Crippen LogP contribution in [0.1, 0.15) is 6.42 Å². The summed E-state index contributed by atoms with van der Waals surface area (Å²) >= 11 is 0. The van der Waals surface area contributed by atoms with Gasteiger partial charge in [-0.2, -0.15) is 8.42 Å². The maximum absolute atomic E-state index is 12.7. The molecule has 1 aromatic rings. The Kier molecular flexibility index (Phi) is 3.43. The minimum absolute atomic E-state index is 0.0728. The van der Waals surface area contributed by atoms with Crippen molar-refractivity contribution in [2.45, 2.75) is 17.4 Å². The zero-order valence-electron chi connectivity index (χ0n) is 9.24. The van der Waals surface area contributed by atoms with Crippen LogP contribution < -0.4 is 0 Å². The molecular weight excluding hydrogens is 283 g/mol. The van der Waals surface area contributed by atoms with Crippen molar-refractivity contribution in [1.29, 1.82) is 0 Å². The first-order chi connectivity index (χ1) is 8.28. The van der Waals surface area contributed by atoms with Crippen LogP contribution in [-0.2, 0) is 24.1 Å². The van der Waals surface area contributed by atoms with Crippen molar-refractivity contribution in [2.24, 2.45) is 0 Å². The lowest BCUT2D eigenvalue weighted by atomic mass is 10.3. The van der Waals surface area contributed by atoms with Gasteiger partial charge >= 0.3 is 0 Å². The number of hydrogen-bond acceptors (Lipinski definition) is 5. The molecule has 2 rings (SSSR count). The second-order valence-corrected chi connectivity index (χ2v) is 7.83. The van der Waals surface area contributed by atoms with Crippen LogP contribution in [0.25, 0.3) is 0 Å². The van der Waals surface area contributed by atoms with Crippen LogP contribution in [-0.4, -0.2) is 34.4 Å². The number of sulfone groups is 1. The molecule has 0 radical (unpaired) electrons. The van der Waals surface area contributed by atoms with Gasteiger partial charge in [0.25, 0.3) is 10.1 Å². The highest BCUT2D eigenvalue weighted by Gasteiger charge is 2.32. The Morgan fingerprint density at radius 2 is 1.83 bits per heavy atom. The van der Waals surface area contributed by atoms with E-state index in [0.29, 0.717) is 0 Å². The maximum atomic E-state index is 12.7. The molecule has 0 aliphatic carbocycles. The van der Waals surface area contributed by atoms with Crippen LogP contribution in [0, 0.1) is 5.82 Å². The highest BCUT2D eigenvalue weighted by Crippen LogP contribution is 2.21. The Morgan fingerprint density at radius 1 is 1.22 bits per heavy atom. The molecule has 1 aromatic carbocycles. The highest BCUT2D eigenvalue weighted by molar-refractivity contribution is 7.91. The molecule has 1 aliphatic heterocycles. The number of halogens is 1. The van der Waals surface area contributed by atoms with E-state index in [1.165, 1.54) is 0 Å². The molecule has 8 heteroatoms. The first-order valence-corrected chi connectivity index (χ1v) is 8.41. The smallest absolute Gasteiger partial charge is 0.262 e. The Hall–Kier alpha value is -0.990. The summed E-state index contributed by atoms with van der Waals surface area (Å²) in [5.41, 5.74) is 0. The maximum Gasteiger partial charge on any atom is 0.297 e. The lowest BCUT2D eigenvalue weighted by molar-refractivity contribution is 0.236. The van der Waals surface area contributed by atoms with Crippen LogP contribution in [0.4, 0.5) is 4.39 Å². The summed E-state index contributed by atoms with van der Waals surface area (Å²) in [6.07, 6.45) is -0.701. The van der Waals surface area contributed by atoms with Crippen LogP contribution in [0.5, 0.6) is 0 Å². The average Bonchev–Trinajstić information content (AvgIpc) is 2.57. The molecule has 1 fully saturated rings. The van der Waals surface area contributed by atoms with Gasteiger partial charge in [0.05, 0.1) is 22.5 Å². The third-order valence-electron chi connectivity index (χ3n) is 2.56. The lowest BCUT2D eigenvalue weighted by Gasteiger charge is -2.10. The van der Waals surface area contributed by atoms with E-state index in [0.717, 1.165) is 24.3 Å². The van der Waals surface area contributed by atoms with Gasteiger partial charge < -0.3 is 0 Å². The molecule has 1 unspecified atom stereocenters. The van der Waals surface area contributed by atoms with Crippen LogP contribution in [0.2, 0.25) is 0 Å². The molecule has 100 valence electrons. The van der Waals surface area contributed by atoms with Gasteiger partial charge in [-0.05, 0) is 30.7 Å². The largest absolute Gasteiger partial charge is 0.297 e. The van der Waals surface area contributed by atoms with Crippen molar-refractivity contribution in [3.63, 3.8) is 0 Å². The molecule has 0 N–H and O–H groups in total. The van der Waals surface area contributed by atoms with Crippen LogP contribution in [0.15, 0.2) is 29.2 Å². The fraction of sp³-hybridized carbons (Fsp3) is 0.400. The van der Waals surface area contributed by atoms with Crippen molar-refractivity contribution in [3.05, 3.63) is 30.1 Å². The van der Waals surface area contributed by atoms with Gasteiger partial charge in [0.1, 0.15) is 5.82 Å². The second-order valence-electron chi connectivity index (χ2n) is 4.03. The van der Waals surface area contributed by atoms with E-state index in [1.54, 1.807) is 0 Å². The summed E-state index contributed by atoms with van der Waals surface area (Å²) in [4.78, 5) is -0.187. The first-order valence-electron chi connectivity index (χ1n) is 5.18. The van der Waals surface area contributed by atoms with Crippen molar-refractivity contribution < 1.29 is 25.4 Å². The summed E-state index contributed by atoms with van der Waals surface area (Å²) in [6.45, 7) is 0.